The van der Waals surface area contributed by atoms with Gasteiger partial charge in [0.15, 0.2) is 0 Å². The van der Waals surface area contributed by atoms with Crippen molar-refractivity contribution in [1.82, 2.24) is 10.3 Å². The Morgan fingerprint density at radius 1 is 1.56 bits per heavy atom. The first-order valence-corrected chi connectivity index (χ1v) is 5.18. The number of hydrogen-bond donors (Lipinski definition) is 2. The van der Waals surface area contributed by atoms with Crippen molar-refractivity contribution in [2.45, 2.75) is 12.5 Å². The van der Waals surface area contributed by atoms with Crippen LogP contribution in [0.5, 0.6) is 0 Å². The van der Waals surface area contributed by atoms with Crippen molar-refractivity contribution in [3.8, 4) is 0 Å². The molecule has 7 heteroatoms. The molecule has 0 bridgehead atoms. The maximum absolute atomic E-state index is 12.6. The van der Waals surface area contributed by atoms with Gasteiger partial charge in [0, 0.05) is 20.1 Å². The molecule has 1 unspecified atom stereocenters. The van der Waals surface area contributed by atoms with E-state index in [1.165, 1.54) is 13.2 Å². The van der Waals surface area contributed by atoms with Crippen LogP contribution >= 0.6 is 0 Å². The lowest BCUT2D eigenvalue weighted by Crippen LogP contribution is -2.41. The smallest absolute Gasteiger partial charge is 0.326 e. The van der Waals surface area contributed by atoms with Crippen molar-refractivity contribution in [1.29, 1.82) is 0 Å². The van der Waals surface area contributed by atoms with E-state index >= 15 is 0 Å². The van der Waals surface area contributed by atoms with E-state index in [2.05, 4.69) is 10.3 Å². The molecule has 1 heterocycles. The number of hydrogen-bond acceptors (Lipinski definition) is 4. The van der Waals surface area contributed by atoms with Crippen LogP contribution < -0.4 is 5.32 Å². The van der Waals surface area contributed by atoms with Gasteiger partial charge in [0.25, 0.3) is 5.91 Å². The quantitative estimate of drug-likeness (QED) is 0.771. The second-order valence-electron chi connectivity index (χ2n) is 3.51. The van der Waals surface area contributed by atoms with Gasteiger partial charge in [-0.2, -0.15) is 0 Å². The fourth-order valence-electron chi connectivity index (χ4n) is 1.24. The molecule has 0 radical (unpaired) electrons. The Hall–Kier alpha value is -2.02. The molecule has 1 amide bonds. The van der Waals surface area contributed by atoms with Crippen LogP contribution in [0.3, 0.4) is 0 Å². The van der Waals surface area contributed by atoms with Gasteiger partial charge in [-0.3, -0.25) is 4.79 Å². The fourth-order valence-corrected chi connectivity index (χ4v) is 1.24. The zero-order chi connectivity index (χ0) is 13.5. The number of aromatic nitrogens is 1. The van der Waals surface area contributed by atoms with Gasteiger partial charge in [0.1, 0.15) is 17.6 Å². The minimum atomic E-state index is -1.16. The molecular formula is C11H13FN2O4. The first-order valence-electron chi connectivity index (χ1n) is 5.18. The molecule has 0 aromatic carbocycles. The van der Waals surface area contributed by atoms with Gasteiger partial charge >= 0.3 is 5.97 Å². The van der Waals surface area contributed by atoms with Gasteiger partial charge in [-0.15, -0.1) is 0 Å². The Labute approximate surface area is 103 Å². The van der Waals surface area contributed by atoms with Crippen LogP contribution in [0.4, 0.5) is 4.39 Å². The summed E-state index contributed by atoms with van der Waals surface area (Å²) in [7, 11) is 1.43. The number of amides is 1. The van der Waals surface area contributed by atoms with Crippen LogP contribution in [-0.4, -0.2) is 41.7 Å². The zero-order valence-corrected chi connectivity index (χ0v) is 9.72. The molecule has 18 heavy (non-hydrogen) atoms. The largest absolute Gasteiger partial charge is 0.480 e. The Kier molecular flexibility index (Phi) is 5.19. The summed E-state index contributed by atoms with van der Waals surface area (Å²) in [6.07, 6.45) is 1.03. The predicted molar refractivity (Wildman–Crippen MR) is 59.6 cm³/mol. The van der Waals surface area contributed by atoms with Gasteiger partial charge in [-0.05, 0) is 12.1 Å². The molecule has 0 spiro atoms. The summed E-state index contributed by atoms with van der Waals surface area (Å²) in [5.41, 5.74) is -0.0416. The average molecular weight is 256 g/mol. The highest BCUT2D eigenvalue weighted by molar-refractivity contribution is 5.94. The number of carbonyl (C=O) groups excluding carboxylic acids is 1. The predicted octanol–water partition coefficient (Wildman–Crippen LogP) is 0.440. The Bertz CT molecular complexity index is 422. The maximum Gasteiger partial charge on any atom is 0.326 e. The third kappa shape index (κ3) is 4.10. The first kappa shape index (κ1) is 14.0. The molecule has 0 aliphatic rings. The Balaban J connectivity index is 2.66. The molecule has 1 atom stereocenters. The average Bonchev–Trinajstić information content (AvgIpc) is 2.34. The number of aliphatic carboxylic acids is 1. The highest BCUT2D eigenvalue weighted by Crippen LogP contribution is 2.00. The number of carboxylic acid groups (broad SMARTS) is 1. The molecule has 6 nitrogen and oxygen atoms in total. The lowest BCUT2D eigenvalue weighted by molar-refractivity contribution is -0.139. The summed E-state index contributed by atoms with van der Waals surface area (Å²) in [4.78, 5) is 26.1. The number of methoxy groups -OCH3 is 1. The molecule has 1 aromatic heterocycles. The van der Waals surface area contributed by atoms with Gasteiger partial charge in [0.2, 0.25) is 0 Å². The van der Waals surface area contributed by atoms with E-state index in [-0.39, 0.29) is 18.7 Å². The van der Waals surface area contributed by atoms with E-state index in [9.17, 15) is 14.0 Å². The van der Waals surface area contributed by atoms with Crippen LogP contribution in [0.15, 0.2) is 18.3 Å². The molecule has 0 saturated heterocycles. The van der Waals surface area contributed by atoms with Crippen LogP contribution in [0.25, 0.3) is 0 Å². The molecule has 0 saturated carbocycles. The minimum absolute atomic E-state index is 0.0416. The summed E-state index contributed by atoms with van der Waals surface area (Å²) in [6.45, 7) is 0.202. The van der Waals surface area contributed by atoms with Crippen molar-refractivity contribution in [3.63, 3.8) is 0 Å². The molecule has 98 valence electrons. The third-order valence-corrected chi connectivity index (χ3v) is 2.17. The maximum atomic E-state index is 12.6. The SMILES string of the molecule is COCCC(NC(=O)c1ccc(F)cn1)C(=O)O. The zero-order valence-electron chi connectivity index (χ0n) is 9.72. The number of carbonyl (C=O) groups is 2. The van der Waals surface area contributed by atoms with E-state index in [1.807, 2.05) is 0 Å². The van der Waals surface area contributed by atoms with Crippen molar-refractivity contribution in [2.24, 2.45) is 0 Å². The standard InChI is InChI=1S/C11H13FN2O4/c1-18-5-4-9(11(16)17)14-10(15)8-3-2-7(12)6-13-8/h2-3,6,9H,4-5H2,1H3,(H,14,15)(H,16,17). The molecular weight excluding hydrogens is 243 g/mol. The van der Waals surface area contributed by atoms with Crippen molar-refractivity contribution < 1.29 is 23.8 Å². The van der Waals surface area contributed by atoms with E-state index in [0.29, 0.717) is 0 Å². The first-order chi connectivity index (χ1) is 8.54. The number of nitrogens with zero attached hydrogens (tertiary/aromatic N) is 1. The fraction of sp³-hybridized carbons (Fsp3) is 0.364. The number of carboxylic acids is 1. The van der Waals surface area contributed by atoms with Crippen LogP contribution in [-0.2, 0) is 9.53 Å². The van der Waals surface area contributed by atoms with E-state index < -0.39 is 23.7 Å². The van der Waals surface area contributed by atoms with Crippen LogP contribution in [0.1, 0.15) is 16.9 Å². The lowest BCUT2D eigenvalue weighted by atomic mass is 10.2. The second kappa shape index (κ2) is 6.65. The molecule has 2 N–H and O–H groups in total. The van der Waals surface area contributed by atoms with Gasteiger partial charge < -0.3 is 15.2 Å². The third-order valence-electron chi connectivity index (χ3n) is 2.17. The molecule has 1 rings (SSSR count). The lowest BCUT2D eigenvalue weighted by Gasteiger charge is -2.13. The topological polar surface area (TPSA) is 88.5 Å². The highest BCUT2D eigenvalue weighted by atomic mass is 19.1. The van der Waals surface area contributed by atoms with Crippen LogP contribution in [0, 0.1) is 5.82 Å². The van der Waals surface area contributed by atoms with Crippen molar-refractivity contribution >= 4 is 11.9 Å². The number of ether oxygens (including phenoxy) is 1. The summed E-state index contributed by atoms with van der Waals surface area (Å²) in [6, 6.07) is 1.19. The van der Waals surface area contributed by atoms with E-state index in [1.54, 1.807) is 0 Å². The Morgan fingerprint density at radius 2 is 2.28 bits per heavy atom. The summed E-state index contributed by atoms with van der Waals surface area (Å²) >= 11 is 0. The van der Waals surface area contributed by atoms with E-state index in [4.69, 9.17) is 9.84 Å². The number of nitrogens with one attached hydrogen (secondary N) is 1. The van der Waals surface area contributed by atoms with Crippen LogP contribution in [0.2, 0.25) is 0 Å². The van der Waals surface area contributed by atoms with E-state index in [0.717, 1.165) is 12.3 Å². The minimum Gasteiger partial charge on any atom is -0.480 e. The second-order valence-corrected chi connectivity index (χ2v) is 3.51. The monoisotopic (exact) mass is 256 g/mol. The summed E-state index contributed by atoms with van der Waals surface area (Å²) in [5, 5.41) is 11.2. The highest BCUT2D eigenvalue weighted by Gasteiger charge is 2.20. The van der Waals surface area contributed by atoms with Gasteiger partial charge in [-0.25, -0.2) is 14.2 Å². The molecule has 0 aliphatic carbocycles. The number of halogens is 1. The summed E-state index contributed by atoms with van der Waals surface area (Å²) < 4.78 is 17.3. The van der Waals surface area contributed by atoms with Crippen molar-refractivity contribution in [2.75, 3.05) is 13.7 Å². The number of rotatable bonds is 6. The van der Waals surface area contributed by atoms with Gasteiger partial charge in [0.05, 0.1) is 6.20 Å². The van der Waals surface area contributed by atoms with Crippen molar-refractivity contribution in [3.05, 3.63) is 29.8 Å². The van der Waals surface area contributed by atoms with Gasteiger partial charge in [-0.1, -0.05) is 0 Å². The number of pyridine rings is 1. The summed E-state index contributed by atoms with van der Waals surface area (Å²) in [5.74, 6) is -2.40. The normalized spacial score (nSPS) is 11.9. The molecule has 0 fully saturated rings. The Morgan fingerprint density at radius 3 is 2.78 bits per heavy atom. The molecule has 1 aromatic rings. The molecule has 0 aliphatic heterocycles.